The van der Waals surface area contributed by atoms with Crippen LogP contribution in [-0.4, -0.2) is 48.7 Å². The molecule has 2 unspecified atom stereocenters. The number of amides is 1. The molecule has 24 heavy (non-hydrogen) atoms. The molecule has 1 saturated heterocycles. The van der Waals surface area contributed by atoms with Crippen molar-refractivity contribution in [3.63, 3.8) is 0 Å². The number of aliphatic hydroxyl groups is 1. The van der Waals surface area contributed by atoms with E-state index in [0.717, 1.165) is 37.8 Å². The van der Waals surface area contributed by atoms with Crippen molar-refractivity contribution < 1.29 is 9.90 Å². The van der Waals surface area contributed by atoms with E-state index in [0.29, 0.717) is 6.42 Å². The molecule has 0 bridgehead atoms. The van der Waals surface area contributed by atoms with Crippen LogP contribution < -0.4 is 0 Å². The Hall–Kier alpha value is -2.28. The van der Waals surface area contributed by atoms with Crippen LogP contribution in [0.15, 0.2) is 36.7 Å². The first-order valence-electron chi connectivity index (χ1n) is 8.47. The zero-order chi connectivity index (χ0) is 16.8. The molecule has 2 aromatic rings. The Balaban J connectivity index is 1.69. The highest BCUT2D eigenvalue weighted by atomic mass is 16.3. The standard InChI is InChI=1S/C17H23N5O2/c23-16(14-7-3-1-4-8-14)11-15-9-5-2-6-10-22(15)17(24)12-21-13-18-19-20-21/h1,3-4,7-8,13,15-16,23H,2,5-6,9-12H2. The Morgan fingerprint density at radius 2 is 2.08 bits per heavy atom. The second-order valence-electron chi connectivity index (χ2n) is 6.26. The van der Waals surface area contributed by atoms with Crippen LogP contribution in [0, 0.1) is 0 Å². The fourth-order valence-corrected chi connectivity index (χ4v) is 3.30. The van der Waals surface area contributed by atoms with Gasteiger partial charge in [-0.3, -0.25) is 4.79 Å². The summed E-state index contributed by atoms with van der Waals surface area (Å²) in [5.41, 5.74) is 0.898. The lowest BCUT2D eigenvalue weighted by Crippen LogP contribution is -2.42. The number of benzene rings is 1. The van der Waals surface area contributed by atoms with Gasteiger partial charge in [-0.1, -0.05) is 43.2 Å². The van der Waals surface area contributed by atoms with E-state index in [2.05, 4.69) is 15.5 Å². The molecule has 7 heteroatoms. The number of tetrazole rings is 1. The molecule has 2 heterocycles. The van der Waals surface area contributed by atoms with Gasteiger partial charge in [0, 0.05) is 12.6 Å². The first-order chi connectivity index (χ1) is 11.7. The summed E-state index contributed by atoms with van der Waals surface area (Å²) in [6.07, 6.45) is 5.57. The minimum absolute atomic E-state index is 0.00876. The van der Waals surface area contributed by atoms with E-state index >= 15 is 0 Å². The van der Waals surface area contributed by atoms with Gasteiger partial charge in [-0.15, -0.1) is 5.10 Å². The third kappa shape index (κ3) is 4.17. The molecule has 0 saturated carbocycles. The van der Waals surface area contributed by atoms with Gasteiger partial charge >= 0.3 is 0 Å². The van der Waals surface area contributed by atoms with E-state index in [-0.39, 0.29) is 18.5 Å². The Bertz CT molecular complexity index is 632. The molecule has 1 aromatic carbocycles. The van der Waals surface area contributed by atoms with Crippen LogP contribution in [0.25, 0.3) is 0 Å². The molecule has 3 rings (SSSR count). The van der Waals surface area contributed by atoms with Crippen molar-refractivity contribution >= 4 is 5.91 Å². The van der Waals surface area contributed by atoms with Crippen LogP contribution in [0.5, 0.6) is 0 Å². The van der Waals surface area contributed by atoms with E-state index < -0.39 is 6.10 Å². The van der Waals surface area contributed by atoms with E-state index in [4.69, 9.17) is 0 Å². The Morgan fingerprint density at radius 1 is 1.25 bits per heavy atom. The van der Waals surface area contributed by atoms with Crippen LogP contribution in [0.2, 0.25) is 0 Å². The molecule has 0 spiro atoms. The van der Waals surface area contributed by atoms with Crippen molar-refractivity contribution in [2.75, 3.05) is 6.54 Å². The number of hydrogen-bond acceptors (Lipinski definition) is 5. The van der Waals surface area contributed by atoms with Crippen LogP contribution in [0.3, 0.4) is 0 Å². The molecule has 2 atom stereocenters. The van der Waals surface area contributed by atoms with Crippen LogP contribution in [0.1, 0.15) is 43.8 Å². The molecule has 1 N–H and O–H groups in total. The van der Waals surface area contributed by atoms with Crippen molar-refractivity contribution in [1.29, 1.82) is 0 Å². The summed E-state index contributed by atoms with van der Waals surface area (Å²) < 4.78 is 1.44. The Kier molecular flexibility index (Phi) is 5.53. The summed E-state index contributed by atoms with van der Waals surface area (Å²) in [4.78, 5) is 14.6. The average molecular weight is 329 g/mol. The van der Waals surface area contributed by atoms with E-state index in [1.165, 1.54) is 11.0 Å². The second kappa shape index (κ2) is 8.01. The smallest absolute Gasteiger partial charge is 0.244 e. The second-order valence-corrected chi connectivity index (χ2v) is 6.26. The monoisotopic (exact) mass is 329 g/mol. The third-order valence-corrected chi connectivity index (χ3v) is 4.57. The first kappa shape index (κ1) is 16.6. The number of carbonyl (C=O) groups is 1. The predicted molar refractivity (Wildman–Crippen MR) is 87.8 cm³/mol. The molecule has 0 radical (unpaired) electrons. The minimum atomic E-state index is -0.558. The van der Waals surface area contributed by atoms with Gasteiger partial charge in [0.15, 0.2) is 0 Å². The van der Waals surface area contributed by atoms with Gasteiger partial charge in [-0.2, -0.15) is 0 Å². The number of aromatic nitrogens is 4. The molecule has 1 fully saturated rings. The van der Waals surface area contributed by atoms with Crippen molar-refractivity contribution in [3.8, 4) is 0 Å². The number of nitrogens with zero attached hydrogens (tertiary/aromatic N) is 5. The van der Waals surface area contributed by atoms with Gasteiger partial charge in [0.25, 0.3) is 0 Å². The largest absolute Gasteiger partial charge is 0.388 e. The lowest BCUT2D eigenvalue weighted by molar-refractivity contribution is -0.135. The highest BCUT2D eigenvalue weighted by Crippen LogP contribution is 2.26. The number of rotatable bonds is 5. The zero-order valence-electron chi connectivity index (χ0n) is 13.7. The van der Waals surface area contributed by atoms with Crippen LogP contribution in [-0.2, 0) is 11.3 Å². The number of carbonyl (C=O) groups excluding carboxylic acids is 1. The lowest BCUT2D eigenvalue weighted by atomic mass is 9.98. The van der Waals surface area contributed by atoms with Crippen LogP contribution >= 0.6 is 0 Å². The first-order valence-corrected chi connectivity index (χ1v) is 8.47. The fraction of sp³-hybridized carbons (Fsp3) is 0.529. The van der Waals surface area contributed by atoms with E-state index in [1.54, 1.807) is 0 Å². The maximum absolute atomic E-state index is 12.7. The summed E-state index contributed by atoms with van der Waals surface area (Å²) in [5.74, 6) is 0.00876. The molecule has 1 aliphatic rings. The van der Waals surface area contributed by atoms with Gasteiger partial charge in [-0.25, -0.2) is 4.68 Å². The SMILES string of the molecule is O=C(Cn1cnnn1)N1CCCCCC1CC(O)c1ccccc1. The lowest BCUT2D eigenvalue weighted by Gasteiger charge is -2.31. The molecule has 1 aromatic heterocycles. The van der Waals surface area contributed by atoms with Crippen molar-refractivity contribution in [2.24, 2.45) is 0 Å². The maximum Gasteiger partial charge on any atom is 0.244 e. The third-order valence-electron chi connectivity index (χ3n) is 4.57. The van der Waals surface area contributed by atoms with Gasteiger partial charge in [0.2, 0.25) is 5.91 Å². The quantitative estimate of drug-likeness (QED) is 0.900. The number of aliphatic hydroxyl groups excluding tert-OH is 1. The Morgan fingerprint density at radius 3 is 2.83 bits per heavy atom. The average Bonchev–Trinajstić information content (AvgIpc) is 3.00. The van der Waals surface area contributed by atoms with Crippen molar-refractivity contribution in [1.82, 2.24) is 25.1 Å². The maximum atomic E-state index is 12.7. The summed E-state index contributed by atoms with van der Waals surface area (Å²) >= 11 is 0. The normalized spacial score (nSPS) is 19.7. The fourth-order valence-electron chi connectivity index (χ4n) is 3.30. The van der Waals surface area contributed by atoms with Gasteiger partial charge in [0.05, 0.1) is 6.10 Å². The van der Waals surface area contributed by atoms with Crippen LogP contribution in [0.4, 0.5) is 0 Å². The summed E-state index contributed by atoms with van der Waals surface area (Å²) in [5, 5.41) is 21.4. The van der Waals surface area contributed by atoms with Gasteiger partial charge in [-0.05, 0) is 35.3 Å². The molecule has 1 amide bonds. The van der Waals surface area contributed by atoms with Gasteiger partial charge < -0.3 is 10.0 Å². The molecular formula is C17H23N5O2. The molecular weight excluding hydrogens is 306 g/mol. The predicted octanol–water partition coefficient (Wildman–Crippen LogP) is 1.57. The molecule has 7 nitrogen and oxygen atoms in total. The highest BCUT2D eigenvalue weighted by molar-refractivity contribution is 5.76. The number of hydrogen-bond donors (Lipinski definition) is 1. The summed E-state index contributed by atoms with van der Waals surface area (Å²) in [6.45, 7) is 0.873. The summed E-state index contributed by atoms with van der Waals surface area (Å²) in [6, 6.07) is 9.68. The Labute approximate surface area is 141 Å². The molecule has 128 valence electrons. The van der Waals surface area contributed by atoms with Crippen molar-refractivity contribution in [2.45, 2.75) is 50.8 Å². The van der Waals surface area contributed by atoms with E-state index in [1.807, 2.05) is 35.2 Å². The molecule has 0 aliphatic carbocycles. The van der Waals surface area contributed by atoms with Crippen molar-refractivity contribution in [3.05, 3.63) is 42.2 Å². The topological polar surface area (TPSA) is 84.1 Å². The zero-order valence-corrected chi connectivity index (χ0v) is 13.7. The summed E-state index contributed by atoms with van der Waals surface area (Å²) in [7, 11) is 0. The highest BCUT2D eigenvalue weighted by Gasteiger charge is 2.28. The number of likely N-dealkylation sites (tertiary alicyclic amines) is 1. The minimum Gasteiger partial charge on any atom is -0.388 e. The molecule has 1 aliphatic heterocycles. The van der Waals surface area contributed by atoms with E-state index in [9.17, 15) is 9.90 Å². The van der Waals surface area contributed by atoms with Gasteiger partial charge in [0.1, 0.15) is 12.9 Å².